The molecule has 0 spiro atoms. The van der Waals surface area contributed by atoms with Crippen molar-refractivity contribution < 1.29 is 41.9 Å². The van der Waals surface area contributed by atoms with E-state index in [0.717, 1.165) is 19.1 Å². The van der Waals surface area contributed by atoms with E-state index in [-0.39, 0.29) is 5.56 Å². The summed E-state index contributed by atoms with van der Waals surface area (Å²) >= 11 is 0. The predicted octanol–water partition coefficient (Wildman–Crippen LogP) is 4.12. The molecule has 0 heterocycles. The van der Waals surface area contributed by atoms with Crippen molar-refractivity contribution in [3.05, 3.63) is 57.1 Å². The number of amides is 1. The lowest BCUT2D eigenvalue weighted by molar-refractivity contribution is -0.385. The van der Waals surface area contributed by atoms with Crippen molar-refractivity contribution in [2.24, 2.45) is 0 Å². The van der Waals surface area contributed by atoms with Crippen LogP contribution in [0.4, 0.5) is 24.5 Å². The van der Waals surface area contributed by atoms with Crippen LogP contribution in [-0.2, 0) is 15.7 Å². The Bertz CT molecular complexity index is 1030. The molecule has 2 rings (SSSR count). The molecule has 0 bridgehead atoms. The van der Waals surface area contributed by atoms with Gasteiger partial charge in [0.15, 0.2) is 6.10 Å². The zero-order valence-corrected chi connectivity index (χ0v) is 17.4. The number of methoxy groups -OCH3 is 2. The van der Waals surface area contributed by atoms with Gasteiger partial charge in [-0.15, -0.1) is 0 Å². The summed E-state index contributed by atoms with van der Waals surface area (Å²) in [5.41, 5.74) is -2.30. The third-order valence-corrected chi connectivity index (χ3v) is 4.42. The van der Waals surface area contributed by atoms with Gasteiger partial charge in [0, 0.05) is 17.7 Å². The number of rotatable bonds is 7. The van der Waals surface area contributed by atoms with E-state index in [1.807, 2.05) is 5.32 Å². The first-order valence-electron chi connectivity index (χ1n) is 8.99. The first kappa shape index (κ1) is 24.4. The minimum absolute atomic E-state index is 0.00438. The molecule has 12 heteroatoms. The minimum Gasteiger partial charge on any atom is -0.496 e. The SMILES string of the molecule is COc1cc(C(=O)OC(C)C(=O)Nc2ccc([N+](=O)[O-])cc2C(F)(F)F)cc(OC)c1C. The topological polar surface area (TPSA) is 117 Å². The normalized spacial score (nSPS) is 12.0. The largest absolute Gasteiger partial charge is 0.496 e. The number of nitro groups is 1. The van der Waals surface area contributed by atoms with Crippen molar-refractivity contribution in [2.75, 3.05) is 19.5 Å². The van der Waals surface area contributed by atoms with Crippen LogP contribution in [0.15, 0.2) is 30.3 Å². The van der Waals surface area contributed by atoms with Crippen LogP contribution >= 0.6 is 0 Å². The van der Waals surface area contributed by atoms with E-state index in [9.17, 15) is 32.9 Å². The van der Waals surface area contributed by atoms with Gasteiger partial charge in [0.25, 0.3) is 11.6 Å². The molecule has 1 amide bonds. The van der Waals surface area contributed by atoms with Crippen LogP contribution in [0.3, 0.4) is 0 Å². The van der Waals surface area contributed by atoms with Gasteiger partial charge in [-0.25, -0.2) is 4.79 Å². The van der Waals surface area contributed by atoms with Gasteiger partial charge in [0.2, 0.25) is 0 Å². The van der Waals surface area contributed by atoms with Gasteiger partial charge in [-0.2, -0.15) is 13.2 Å². The molecule has 0 aromatic heterocycles. The Balaban J connectivity index is 2.22. The molecule has 0 saturated carbocycles. The molecule has 0 aliphatic carbocycles. The van der Waals surface area contributed by atoms with Crippen LogP contribution in [0.25, 0.3) is 0 Å². The van der Waals surface area contributed by atoms with Gasteiger partial charge in [0.1, 0.15) is 11.5 Å². The van der Waals surface area contributed by atoms with E-state index < -0.39 is 46.0 Å². The summed E-state index contributed by atoms with van der Waals surface area (Å²) in [7, 11) is 2.77. The van der Waals surface area contributed by atoms with Gasteiger partial charge < -0.3 is 19.5 Å². The van der Waals surface area contributed by atoms with Gasteiger partial charge in [-0.05, 0) is 32.0 Å². The molecule has 1 unspecified atom stereocenters. The molecule has 9 nitrogen and oxygen atoms in total. The Morgan fingerprint density at radius 1 is 1.09 bits per heavy atom. The maximum Gasteiger partial charge on any atom is 0.418 e. The molecule has 172 valence electrons. The Hall–Kier alpha value is -3.83. The average Bonchev–Trinajstić information content (AvgIpc) is 2.72. The minimum atomic E-state index is -4.97. The molecule has 0 aliphatic rings. The van der Waals surface area contributed by atoms with Crippen LogP contribution in [0.2, 0.25) is 0 Å². The van der Waals surface area contributed by atoms with E-state index in [2.05, 4.69) is 0 Å². The van der Waals surface area contributed by atoms with E-state index in [1.165, 1.54) is 26.4 Å². The first-order chi connectivity index (χ1) is 14.9. The van der Waals surface area contributed by atoms with Crippen molar-refractivity contribution in [3.8, 4) is 11.5 Å². The van der Waals surface area contributed by atoms with Crippen LogP contribution < -0.4 is 14.8 Å². The maximum absolute atomic E-state index is 13.3. The van der Waals surface area contributed by atoms with Gasteiger partial charge >= 0.3 is 12.1 Å². The molecule has 2 aromatic carbocycles. The van der Waals surface area contributed by atoms with E-state index >= 15 is 0 Å². The molecule has 0 saturated heterocycles. The molecule has 1 atom stereocenters. The summed E-state index contributed by atoms with van der Waals surface area (Å²) in [6, 6.07) is 4.60. The summed E-state index contributed by atoms with van der Waals surface area (Å²) in [4.78, 5) is 34.6. The number of nitrogens with zero attached hydrogens (tertiary/aromatic N) is 1. The summed E-state index contributed by atoms with van der Waals surface area (Å²) in [6.45, 7) is 2.86. The van der Waals surface area contributed by atoms with Gasteiger partial charge in [-0.1, -0.05) is 0 Å². The Labute approximate surface area is 180 Å². The van der Waals surface area contributed by atoms with Crippen molar-refractivity contribution in [2.45, 2.75) is 26.1 Å². The molecule has 0 aliphatic heterocycles. The van der Waals surface area contributed by atoms with Gasteiger partial charge in [-0.3, -0.25) is 14.9 Å². The Morgan fingerprint density at radius 2 is 1.66 bits per heavy atom. The van der Waals surface area contributed by atoms with Crippen LogP contribution in [0, 0.1) is 17.0 Å². The second-order valence-electron chi connectivity index (χ2n) is 6.53. The lowest BCUT2D eigenvalue weighted by Gasteiger charge is -2.17. The highest BCUT2D eigenvalue weighted by Gasteiger charge is 2.36. The molecule has 0 radical (unpaired) electrons. The lowest BCUT2D eigenvalue weighted by Crippen LogP contribution is -2.30. The number of nitrogens with one attached hydrogen (secondary N) is 1. The maximum atomic E-state index is 13.3. The zero-order chi connectivity index (χ0) is 24.2. The number of ether oxygens (including phenoxy) is 3. The number of hydrogen-bond donors (Lipinski definition) is 1. The highest BCUT2D eigenvalue weighted by molar-refractivity contribution is 5.98. The van der Waals surface area contributed by atoms with Gasteiger partial charge in [0.05, 0.1) is 36.0 Å². The third-order valence-electron chi connectivity index (χ3n) is 4.42. The fourth-order valence-corrected chi connectivity index (χ4v) is 2.71. The number of benzene rings is 2. The standard InChI is InChI=1S/C20H19F3N2O7/c1-10-16(30-3)7-12(8-17(10)31-4)19(27)32-11(2)18(26)24-15-6-5-13(25(28)29)9-14(15)20(21,22)23/h5-9,11H,1-4H3,(H,24,26). The first-order valence-corrected chi connectivity index (χ1v) is 8.99. The van der Waals surface area contributed by atoms with E-state index in [4.69, 9.17) is 14.2 Å². The van der Waals surface area contributed by atoms with Crippen LogP contribution in [-0.4, -0.2) is 37.1 Å². The number of carbonyl (C=O) groups excluding carboxylic acids is 2. The van der Waals surface area contributed by atoms with Crippen molar-refractivity contribution >= 4 is 23.3 Å². The zero-order valence-electron chi connectivity index (χ0n) is 17.4. The summed E-state index contributed by atoms with van der Waals surface area (Å²) < 4.78 is 55.2. The highest BCUT2D eigenvalue weighted by atomic mass is 19.4. The molecule has 2 aromatic rings. The average molecular weight is 456 g/mol. The molecule has 1 N–H and O–H groups in total. The number of esters is 1. The third kappa shape index (κ3) is 5.45. The highest BCUT2D eigenvalue weighted by Crippen LogP contribution is 2.37. The quantitative estimate of drug-likeness (QED) is 0.378. The van der Waals surface area contributed by atoms with Crippen molar-refractivity contribution in [1.29, 1.82) is 0 Å². The van der Waals surface area contributed by atoms with E-state index in [0.29, 0.717) is 23.1 Å². The molecule has 32 heavy (non-hydrogen) atoms. The summed E-state index contributed by atoms with van der Waals surface area (Å²) in [5.74, 6) is -1.35. The van der Waals surface area contributed by atoms with Crippen LogP contribution in [0.5, 0.6) is 11.5 Å². The van der Waals surface area contributed by atoms with Crippen molar-refractivity contribution in [1.82, 2.24) is 0 Å². The monoisotopic (exact) mass is 456 g/mol. The number of anilines is 1. The smallest absolute Gasteiger partial charge is 0.418 e. The Kier molecular flexibility index (Phi) is 7.28. The number of nitro benzene ring substituents is 1. The number of halogens is 3. The lowest BCUT2D eigenvalue weighted by atomic mass is 10.1. The number of hydrogen-bond acceptors (Lipinski definition) is 7. The summed E-state index contributed by atoms with van der Waals surface area (Å²) in [6.07, 6.45) is -6.46. The molecule has 0 fully saturated rings. The predicted molar refractivity (Wildman–Crippen MR) is 106 cm³/mol. The molecular weight excluding hydrogens is 437 g/mol. The molecular formula is C20H19F3N2O7. The van der Waals surface area contributed by atoms with E-state index in [1.54, 1.807) is 6.92 Å². The summed E-state index contributed by atoms with van der Waals surface area (Å²) in [5, 5.41) is 12.8. The Morgan fingerprint density at radius 3 is 2.12 bits per heavy atom. The number of alkyl halides is 3. The fourth-order valence-electron chi connectivity index (χ4n) is 2.71. The number of carbonyl (C=O) groups is 2. The van der Waals surface area contributed by atoms with Crippen LogP contribution in [0.1, 0.15) is 28.4 Å². The number of non-ortho nitro benzene ring substituents is 1. The second-order valence-corrected chi connectivity index (χ2v) is 6.53. The van der Waals surface area contributed by atoms with Crippen molar-refractivity contribution in [3.63, 3.8) is 0 Å². The fraction of sp³-hybridized carbons (Fsp3) is 0.300. The second kappa shape index (κ2) is 9.54.